The summed E-state index contributed by atoms with van der Waals surface area (Å²) in [7, 11) is 0. The van der Waals surface area contributed by atoms with E-state index in [1.165, 1.54) is 0 Å². The van der Waals surface area contributed by atoms with E-state index in [0.29, 0.717) is 5.57 Å². The Hall–Kier alpha value is -2.63. The zero-order chi connectivity index (χ0) is 20.4. The topological polar surface area (TPSA) is 83.9 Å². The van der Waals surface area contributed by atoms with Crippen LogP contribution in [0.2, 0.25) is 0 Å². The first-order chi connectivity index (χ1) is 12.5. The third-order valence-electron chi connectivity index (χ3n) is 4.24. The van der Waals surface area contributed by atoms with E-state index in [4.69, 9.17) is 4.74 Å². The van der Waals surface area contributed by atoms with Crippen LogP contribution in [-0.2, 0) is 20.7 Å². The molecule has 146 valence electrons. The average Bonchev–Trinajstić information content (AvgIpc) is 2.79. The predicted molar refractivity (Wildman–Crippen MR) is 101 cm³/mol. The Morgan fingerprint density at radius 3 is 2.33 bits per heavy atom. The maximum absolute atomic E-state index is 13.0. The number of carbonyl (C=O) groups is 3. The highest BCUT2D eigenvalue weighted by molar-refractivity contribution is 6.10. The minimum atomic E-state index is -1.71. The smallest absolute Gasteiger partial charge is 0.418 e. The van der Waals surface area contributed by atoms with E-state index in [2.05, 4.69) is 0 Å². The van der Waals surface area contributed by atoms with Gasteiger partial charge in [-0.05, 0) is 32.3 Å². The SMILES string of the molecule is CC(C)C=C1C[C@@](Cc2ccccc2)(C(=O)O)N(C(=O)OC(C)(C)C)C1=O. The Labute approximate surface area is 159 Å². The number of aliphatic carboxylic acids is 1. The number of amides is 2. The number of carboxylic acids is 1. The Balaban J connectivity index is 2.55. The minimum Gasteiger partial charge on any atom is -0.479 e. The number of imide groups is 1. The fourth-order valence-corrected chi connectivity index (χ4v) is 3.23. The van der Waals surface area contributed by atoms with Crippen molar-refractivity contribution in [2.24, 2.45) is 5.92 Å². The quantitative estimate of drug-likeness (QED) is 0.812. The van der Waals surface area contributed by atoms with E-state index in [1.807, 2.05) is 19.9 Å². The van der Waals surface area contributed by atoms with Gasteiger partial charge in [-0.15, -0.1) is 0 Å². The van der Waals surface area contributed by atoms with Crippen LogP contribution in [0.25, 0.3) is 0 Å². The molecule has 6 heteroatoms. The molecule has 0 bridgehead atoms. The fraction of sp³-hybridized carbons (Fsp3) is 0.476. The fourth-order valence-electron chi connectivity index (χ4n) is 3.23. The minimum absolute atomic E-state index is 0.0175. The molecule has 1 atom stereocenters. The van der Waals surface area contributed by atoms with Crippen LogP contribution in [0.5, 0.6) is 0 Å². The van der Waals surface area contributed by atoms with Gasteiger partial charge in [0.1, 0.15) is 5.60 Å². The molecule has 2 rings (SSSR count). The van der Waals surface area contributed by atoms with Crippen LogP contribution in [0, 0.1) is 5.92 Å². The highest BCUT2D eigenvalue weighted by Crippen LogP contribution is 2.39. The summed E-state index contributed by atoms with van der Waals surface area (Å²) in [5, 5.41) is 10.1. The number of hydrogen-bond donors (Lipinski definition) is 1. The average molecular weight is 373 g/mol. The van der Waals surface area contributed by atoms with Gasteiger partial charge in [0.15, 0.2) is 5.54 Å². The molecule has 0 unspecified atom stereocenters. The number of nitrogens with zero attached hydrogens (tertiary/aromatic N) is 1. The summed E-state index contributed by atoms with van der Waals surface area (Å²) >= 11 is 0. The Morgan fingerprint density at radius 1 is 1.26 bits per heavy atom. The van der Waals surface area contributed by atoms with E-state index in [1.54, 1.807) is 51.1 Å². The Kier molecular flexibility index (Phi) is 5.78. The highest BCUT2D eigenvalue weighted by atomic mass is 16.6. The molecule has 1 saturated heterocycles. The standard InChI is InChI=1S/C21H27NO5/c1-14(2)11-16-13-21(18(24)25,12-15-9-7-6-8-10-15)22(17(16)23)19(26)27-20(3,4)5/h6-11,14H,12-13H2,1-5H3,(H,24,25)/t21-/m0/s1. The van der Waals surface area contributed by atoms with E-state index in [9.17, 15) is 19.5 Å². The number of likely N-dealkylation sites (tertiary alicyclic amines) is 1. The van der Waals surface area contributed by atoms with Crippen LogP contribution in [0.15, 0.2) is 42.0 Å². The number of hydrogen-bond acceptors (Lipinski definition) is 4. The summed E-state index contributed by atoms with van der Waals surface area (Å²) in [6, 6.07) is 8.99. The molecule has 0 aliphatic carbocycles. The molecule has 0 aromatic heterocycles. The van der Waals surface area contributed by atoms with Crippen molar-refractivity contribution in [3.8, 4) is 0 Å². The van der Waals surface area contributed by atoms with Gasteiger partial charge in [0.2, 0.25) is 0 Å². The van der Waals surface area contributed by atoms with Crippen molar-refractivity contribution in [3.05, 3.63) is 47.5 Å². The monoisotopic (exact) mass is 373 g/mol. The van der Waals surface area contributed by atoms with Crippen molar-refractivity contribution < 1.29 is 24.2 Å². The van der Waals surface area contributed by atoms with Gasteiger partial charge in [0.25, 0.3) is 5.91 Å². The van der Waals surface area contributed by atoms with Gasteiger partial charge in [-0.2, -0.15) is 0 Å². The molecular formula is C21H27NO5. The number of carbonyl (C=O) groups excluding carboxylic acids is 2. The second-order valence-corrected chi connectivity index (χ2v) is 8.23. The van der Waals surface area contributed by atoms with Crippen molar-refractivity contribution in [2.75, 3.05) is 0 Å². The largest absolute Gasteiger partial charge is 0.479 e. The van der Waals surface area contributed by atoms with Gasteiger partial charge in [0.05, 0.1) is 0 Å². The summed E-state index contributed by atoms with van der Waals surface area (Å²) in [5.41, 5.74) is -1.50. The molecule has 1 aromatic carbocycles. The van der Waals surface area contributed by atoms with Gasteiger partial charge in [0, 0.05) is 18.4 Å². The van der Waals surface area contributed by atoms with Crippen LogP contribution in [0.4, 0.5) is 4.79 Å². The summed E-state index contributed by atoms with van der Waals surface area (Å²) in [6.45, 7) is 8.83. The van der Waals surface area contributed by atoms with E-state index < -0.39 is 29.1 Å². The van der Waals surface area contributed by atoms with Crippen LogP contribution in [-0.4, -0.2) is 39.1 Å². The molecular weight excluding hydrogens is 346 g/mol. The Morgan fingerprint density at radius 2 is 1.85 bits per heavy atom. The first-order valence-electron chi connectivity index (χ1n) is 9.02. The molecule has 1 N–H and O–H groups in total. The summed E-state index contributed by atoms with van der Waals surface area (Å²) in [6.07, 6.45) is 0.755. The highest BCUT2D eigenvalue weighted by Gasteiger charge is 2.57. The normalized spacial score (nSPS) is 21.8. The predicted octanol–water partition coefficient (Wildman–Crippen LogP) is 3.80. The van der Waals surface area contributed by atoms with Gasteiger partial charge in [-0.3, -0.25) is 4.79 Å². The van der Waals surface area contributed by atoms with E-state index in [-0.39, 0.29) is 18.8 Å². The van der Waals surface area contributed by atoms with Crippen molar-refractivity contribution >= 4 is 18.0 Å². The van der Waals surface area contributed by atoms with Gasteiger partial charge >= 0.3 is 12.1 Å². The molecule has 2 amide bonds. The molecule has 0 spiro atoms. The number of benzene rings is 1. The van der Waals surface area contributed by atoms with Crippen LogP contribution in [0.3, 0.4) is 0 Å². The lowest BCUT2D eigenvalue weighted by atomic mass is 9.87. The molecule has 1 aromatic rings. The molecule has 0 saturated carbocycles. The molecule has 0 radical (unpaired) electrons. The van der Waals surface area contributed by atoms with Crippen molar-refractivity contribution in [1.82, 2.24) is 4.90 Å². The third kappa shape index (κ3) is 4.56. The van der Waals surface area contributed by atoms with Gasteiger partial charge in [-0.25, -0.2) is 14.5 Å². The Bertz CT molecular complexity index is 761. The van der Waals surface area contributed by atoms with Crippen LogP contribution >= 0.6 is 0 Å². The maximum atomic E-state index is 13.0. The lowest BCUT2D eigenvalue weighted by Gasteiger charge is -2.34. The summed E-state index contributed by atoms with van der Waals surface area (Å²) < 4.78 is 5.36. The van der Waals surface area contributed by atoms with Gasteiger partial charge < -0.3 is 9.84 Å². The summed E-state index contributed by atoms with van der Waals surface area (Å²) in [4.78, 5) is 38.9. The third-order valence-corrected chi connectivity index (χ3v) is 4.24. The molecule has 27 heavy (non-hydrogen) atoms. The zero-order valence-corrected chi connectivity index (χ0v) is 16.5. The molecule has 1 aliphatic heterocycles. The number of rotatable bonds is 4. The lowest BCUT2D eigenvalue weighted by Crippen LogP contribution is -2.57. The number of allylic oxidation sites excluding steroid dienone is 1. The number of carboxylic acid groups (broad SMARTS) is 1. The molecule has 1 aliphatic rings. The van der Waals surface area contributed by atoms with E-state index in [0.717, 1.165) is 10.5 Å². The van der Waals surface area contributed by atoms with Gasteiger partial charge in [-0.1, -0.05) is 50.3 Å². The molecule has 1 heterocycles. The first-order valence-corrected chi connectivity index (χ1v) is 9.02. The molecule has 1 fully saturated rings. The second kappa shape index (κ2) is 7.55. The summed E-state index contributed by atoms with van der Waals surface area (Å²) in [5.74, 6) is -1.78. The van der Waals surface area contributed by atoms with Crippen molar-refractivity contribution in [1.29, 1.82) is 0 Å². The molecule has 6 nitrogen and oxygen atoms in total. The van der Waals surface area contributed by atoms with E-state index >= 15 is 0 Å². The van der Waals surface area contributed by atoms with Crippen LogP contribution < -0.4 is 0 Å². The first kappa shape index (κ1) is 20.7. The second-order valence-electron chi connectivity index (χ2n) is 8.23. The number of ether oxygens (including phenoxy) is 1. The lowest BCUT2D eigenvalue weighted by molar-refractivity contribution is -0.153. The zero-order valence-electron chi connectivity index (χ0n) is 16.5. The van der Waals surface area contributed by atoms with Crippen molar-refractivity contribution in [2.45, 2.75) is 58.6 Å². The van der Waals surface area contributed by atoms with Crippen molar-refractivity contribution in [3.63, 3.8) is 0 Å². The maximum Gasteiger partial charge on any atom is 0.418 e. The van der Waals surface area contributed by atoms with Crippen LogP contribution in [0.1, 0.15) is 46.6 Å².